The Hall–Kier alpha value is -0.0400. The van der Waals surface area contributed by atoms with E-state index in [-0.39, 0.29) is 0 Å². The highest BCUT2D eigenvalue weighted by atomic mass is 14.7. The molecule has 4 saturated carbocycles. The minimum absolute atomic E-state index is 0.460. The van der Waals surface area contributed by atoms with Crippen molar-refractivity contribution in [2.45, 2.75) is 188 Å². The van der Waals surface area contributed by atoms with Gasteiger partial charge in [0, 0.05) is 6.04 Å². The van der Waals surface area contributed by atoms with Crippen molar-refractivity contribution >= 4 is 0 Å². The maximum Gasteiger partial charge on any atom is 0.0101 e. The SMILES string of the molecule is CCCCCC(C)C(C1CCCC(CC(CCC)C2CCCC(C)C2CC2CCCC2)C1)C(N)C1CCCCC1. The van der Waals surface area contributed by atoms with Crippen molar-refractivity contribution in [1.29, 1.82) is 0 Å². The van der Waals surface area contributed by atoms with Gasteiger partial charge < -0.3 is 5.73 Å². The third-order valence-corrected chi connectivity index (χ3v) is 13.4. The molecule has 234 valence electrons. The first kappa shape index (κ1) is 32.9. The zero-order valence-corrected chi connectivity index (χ0v) is 27.9. The normalized spacial score (nSPS) is 34.0. The molecule has 0 aromatic carbocycles. The largest absolute Gasteiger partial charge is 0.327 e. The molecule has 0 amide bonds. The summed E-state index contributed by atoms with van der Waals surface area (Å²) in [5.74, 6) is 9.35. The second kappa shape index (κ2) is 17.3. The molecule has 0 saturated heterocycles. The van der Waals surface area contributed by atoms with Crippen LogP contribution in [0.5, 0.6) is 0 Å². The van der Waals surface area contributed by atoms with Crippen LogP contribution < -0.4 is 5.73 Å². The molecule has 0 spiro atoms. The van der Waals surface area contributed by atoms with Gasteiger partial charge in [-0.1, -0.05) is 143 Å². The minimum atomic E-state index is 0.460. The number of hydrogen-bond acceptors (Lipinski definition) is 1. The van der Waals surface area contributed by atoms with Crippen molar-refractivity contribution in [3.63, 3.8) is 0 Å². The summed E-state index contributed by atoms with van der Waals surface area (Å²) in [6.07, 6.45) is 35.4. The average molecular weight is 556 g/mol. The van der Waals surface area contributed by atoms with Gasteiger partial charge in [0.1, 0.15) is 0 Å². The monoisotopic (exact) mass is 556 g/mol. The van der Waals surface area contributed by atoms with Crippen LogP contribution in [0.1, 0.15) is 182 Å². The van der Waals surface area contributed by atoms with E-state index in [0.29, 0.717) is 6.04 Å². The Morgan fingerprint density at radius 1 is 0.675 bits per heavy atom. The summed E-state index contributed by atoms with van der Waals surface area (Å²) in [7, 11) is 0. The molecule has 40 heavy (non-hydrogen) atoms. The molecule has 0 bridgehead atoms. The van der Waals surface area contributed by atoms with E-state index in [2.05, 4.69) is 27.7 Å². The third-order valence-electron chi connectivity index (χ3n) is 13.4. The van der Waals surface area contributed by atoms with E-state index in [9.17, 15) is 0 Å². The molecule has 1 heteroatoms. The Balaban J connectivity index is 1.44. The van der Waals surface area contributed by atoms with Gasteiger partial charge in [0.25, 0.3) is 0 Å². The van der Waals surface area contributed by atoms with E-state index in [4.69, 9.17) is 5.73 Å². The van der Waals surface area contributed by atoms with Crippen LogP contribution in [-0.2, 0) is 0 Å². The third kappa shape index (κ3) is 9.23. The van der Waals surface area contributed by atoms with Crippen molar-refractivity contribution in [2.75, 3.05) is 0 Å². The highest BCUT2D eigenvalue weighted by Gasteiger charge is 2.41. The standard InChI is InChI=1S/C39H73N/c1-5-7-9-17-30(4)38(39(40)33-22-10-8-11-23-33)35-24-15-21-32(27-35)26-34(16-6-2)36-25-14-18-29(3)37(36)28-31-19-12-13-20-31/h29-39H,5-28,40H2,1-4H3. The van der Waals surface area contributed by atoms with Gasteiger partial charge in [-0.25, -0.2) is 0 Å². The highest BCUT2D eigenvalue weighted by Crippen LogP contribution is 2.50. The number of nitrogens with two attached hydrogens (primary N) is 1. The number of hydrogen-bond donors (Lipinski definition) is 1. The van der Waals surface area contributed by atoms with Crippen LogP contribution in [0.4, 0.5) is 0 Å². The van der Waals surface area contributed by atoms with Gasteiger partial charge in [-0.05, 0) is 97.7 Å². The molecule has 2 N–H and O–H groups in total. The van der Waals surface area contributed by atoms with Crippen LogP contribution in [0.25, 0.3) is 0 Å². The molecule has 0 aromatic heterocycles. The summed E-state index contributed by atoms with van der Waals surface area (Å²) < 4.78 is 0. The first-order valence-electron chi connectivity index (χ1n) is 19.3. The molecule has 4 aliphatic carbocycles. The summed E-state index contributed by atoms with van der Waals surface area (Å²) in [6, 6.07) is 0.460. The molecule has 9 unspecified atom stereocenters. The first-order valence-corrected chi connectivity index (χ1v) is 19.3. The lowest BCUT2D eigenvalue weighted by molar-refractivity contribution is 0.0497. The Morgan fingerprint density at radius 3 is 2.08 bits per heavy atom. The Labute approximate surface area is 252 Å². The Morgan fingerprint density at radius 2 is 1.35 bits per heavy atom. The average Bonchev–Trinajstić information content (AvgIpc) is 3.48. The van der Waals surface area contributed by atoms with Crippen molar-refractivity contribution in [3.8, 4) is 0 Å². The lowest BCUT2D eigenvalue weighted by Gasteiger charge is -2.46. The van der Waals surface area contributed by atoms with Gasteiger partial charge >= 0.3 is 0 Å². The van der Waals surface area contributed by atoms with Crippen molar-refractivity contribution in [1.82, 2.24) is 0 Å². The number of unbranched alkanes of at least 4 members (excludes halogenated alkanes) is 2. The molecule has 1 nitrogen and oxygen atoms in total. The summed E-state index contributed by atoms with van der Waals surface area (Å²) in [6.45, 7) is 10.1. The van der Waals surface area contributed by atoms with Gasteiger partial charge in [-0.3, -0.25) is 0 Å². The first-order chi connectivity index (χ1) is 19.5. The maximum atomic E-state index is 7.35. The molecule has 0 radical (unpaired) electrons. The zero-order valence-electron chi connectivity index (χ0n) is 27.9. The van der Waals surface area contributed by atoms with Gasteiger partial charge in [-0.15, -0.1) is 0 Å². The molecule has 0 aromatic rings. The minimum Gasteiger partial charge on any atom is -0.327 e. The van der Waals surface area contributed by atoms with Gasteiger partial charge in [0.2, 0.25) is 0 Å². The predicted molar refractivity (Wildman–Crippen MR) is 176 cm³/mol. The fraction of sp³-hybridized carbons (Fsp3) is 1.00. The van der Waals surface area contributed by atoms with E-state index in [1.165, 1.54) is 135 Å². The molecule has 4 aliphatic rings. The Kier molecular flexibility index (Phi) is 14.2. The second-order valence-corrected chi connectivity index (χ2v) is 16.2. The Bertz CT molecular complexity index is 660. The summed E-state index contributed by atoms with van der Waals surface area (Å²) in [5, 5.41) is 0. The summed E-state index contributed by atoms with van der Waals surface area (Å²) >= 11 is 0. The maximum absolute atomic E-state index is 7.35. The van der Waals surface area contributed by atoms with Crippen molar-refractivity contribution < 1.29 is 0 Å². The fourth-order valence-corrected chi connectivity index (χ4v) is 11.3. The molecule has 9 atom stereocenters. The van der Waals surface area contributed by atoms with Crippen LogP contribution in [0, 0.1) is 59.2 Å². The summed E-state index contributed by atoms with van der Waals surface area (Å²) in [4.78, 5) is 0. The topological polar surface area (TPSA) is 26.0 Å². The van der Waals surface area contributed by atoms with E-state index >= 15 is 0 Å². The molecular formula is C39H73N. The van der Waals surface area contributed by atoms with E-state index in [0.717, 1.165) is 59.2 Å². The van der Waals surface area contributed by atoms with Crippen LogP contribution in [-0.4, -0.2) is 6.04 Å². The van der Waals surface area contributed by atoms with Gasteiger partial charge in [0.05, 0.1) is 0 Å². The van der Waals surface area contributed by atoms with E-state index in [1.807, 2.05) is 0 Å². The van der Waals surface area contributed by atoms with Crippen molar-refractivity contribution in [3.05, 3.63) is 0 Å². The van der Waals surface area contributed by atoms with Crippen LogP contribution in [0.3, 0.4) is 0 Å². The molecule has 0 heterocycles. The van der Waals surface area contributed by atoms with Crippen LogP contribution in [0.15, 0.2) is 0 Å². The van der Waals surface area contributed by atoms with Gasteiger partial charge in [0.15, 0.2) is 0 Å². The molecule has 0 aliphatic heterocycles. The predicted octanol–water partition coefficient (Wildman–Crippen LogP) is 12.0. The molecule has 4 fully saturated rings. The van der Waals surface area contributed by atoms with Crippen LogP contribution in [0.2, 0.25) is 0 Å². The molecule has 4 rings (SSSR count). The van der Waals surface area contributed by atoms with Crippen LogP contribution >= 0.6 is 0 Å². The second-order valence-electron chi connectivity index (χ2n) is 16.2. The quantitative estimate of drug-likeness (QED) is 0.200. The summed E-state index contributed by atoms with van der Waals surface area (Å²) in [5.41, 5.74) is 7.35. The zero-order chi connectivity index (χ0) is 28.3. The number of rotatable bonds is 15. The fourth-order valence-electron chi connectivity index (χ4n) is 11.3. The molecular weight excluding hydrogens is 482 g/mol. The lowest BCUT2D eigenvalue weighted by atomic mass is 9.60. The highest BCUT2D eigenvalue weighted by molar-refractivity contribution is 4.93. The van der Waals surface area contributed by atoms with E-state index in [1.54, 1.807) is 19.3 Å². The van der Waals surface area contributed by atoms with Crippen molar-refractivity contribution in [2.24, 2.45) is 64.9 Å². The van der Waals surface area contributed by atoms with E-state index < -0.39 is 0 Å². The van der Waals surface area contributed by atoms with Gasteiger partial charge in [-0.2, -0.15) is 0 Å². The smallest absolute Gasteiger partial charge is 0.0101 e. The lowest BCUT2D eigenvalue weighted by Crippen LogP contribution is -2.46.